The molecule has 0 amide bonds. The molecule has 168 valence electrons. The maximum Gasteiger partial charge on any atom is 0.282 e. The normalized spacial score (nSPS) is 12.3. The van der Waals surface area contributed by atoms with Crippen LogP contribution in [0.25, 0.3) is 10.9 Å². The van der Waals surface area contributed by atoms with Gasteiger partial charge < -0.3 is 9.47 Å². The highest BCUT2D eigenvalue weighted by Gasteiger charge is 2.16. The van der Waals surface area contributed by atoms with Crippen LogP contribution in [0.3, 0.4) is 0 Å². The number of ether oxygens (including phenoxy) is 2. The quantitative estimate of drug-likeness (QED) is 0.281. The number of hydrogen-bond acceptors (Lipinski definition) is 5. The van der Waals surface area contributed by atoms with E-state index < -0.39 is 0 Å². The van der Waals surface area contributed by atoms with Crippen LogP contribution in [-0.4, -0.2) is 29.6 Å². The van der Waals surface area contributed by atoms with Crippen molar-refractivity contribution in [2.24, 2.45) is 5.10 Å². The maximum atomic E-state index is 13.3. The van der Waals surface area contributed by atoms with E-state index in [0.29, 0.717) is 41.3 Å². The van der Waals surface area contributed by atoms with Crippen molar-refractivity contribution in [3.05, 3.63) is 74.8 Å². The number of rotatable bonds is 9. The molecule has 0 saturated heterocycles. The Labute approximate surface area is 196 Å². The monoisotopic (exact) mass is 497 g/mol. The summed E-state index contributed by atoms with van der Waals surface area (Å²) >= 11 is 3.44. The Morgan fingerprint density at radius 3 is 2.72 bits per heavy atom. The number of nitrogens with zero attached hydrogens (tertiary/aromatic N) is 3. The molecule has 0 radical (unpaired) electrons. The standard InChI is InChI=1S/C25H28BrN3O3/c1-6-9-18-12-17(13-22(31-5)23(18)32-8-3)15-27-29-24(16(4)7-2)28-21-11-10-19(26)14-20(21)25(29)30/h6,10-16H,1,7-9H2,2-5H3/t16-/m1/s1. The largest absolute Gasteiger partial charge is 0.493 e. The first-order chi connectivity index (χ1) is 15.4. The predicted octanol–water partition coefficient (Wildman–Crippen LogP) is 5.69. The van der Waals surface area contributed by atoms with Crippen LogP contribution in [0, 0.1) is 0 Å². The maximum absolute atomic E-state index is 13.3. The van der Waals surface area contributed by atoms with E-state index >= 15 is 0 Å². The van der Waals surface area contributed by atoms with Gasteiger partial charge in [-0.3, -0.25) is 4.79 Å². The van der Waals surface area contributed by atoms with E-state index in [2.05, 4.69) is 34.5 Å². The Kier molecular flexibility index (Phi) is 7.85. The van der Waals surface area contributed by atoms with E-state index in [1.807, 2.05) is 44.2 Å². The molecular formula is C25H28BrN3O3. The molecule has 0 aliphatic rings. The third kappa shape index (κ3) is 4.93. The van der Waals surface area contributed by atoms with Gasteiger partial charge in [-0.15, -0.1) is 6.58 Å². The van der Waals surface area contributed by atoms with Crippen LogP contribution in [0.2, 0.25) is 0 Å². The first kappa shape index (κ1) is 23.7. The number of halogens is 1. The first-order valence-corrected chi connectivity index (χ1v) is 11.4. The molecule has 0 aliphatic carbocycles. The fraction of sp³-hybridized carbons (Fsp3) is 0.320. The number of allylic oxidation sites excluding steroid dienone is 1. The lowest BCUT2D eigenvalue weighted by Gasteiger charge is -2.15. The van der Waals surface area contributed by atoms with Crippen LogP contribution in [0.15, 0.2) is 57.4 Å². The predicted molar refractivity (Wildman–Crippen MR) is 133 cm³/mol. The van der Waals surface area contributed by atoms with Crippen molar-refractivity contribution >= 4 is 33.0 Å². The second-order valence-electron chi connectivity index (χ2n) is 7.44. The fourth-order valence-corrected chi connectivity index (χ4v) is 3.79. The minimum atomic E-state index is -0.202. The smallest absolute Gasteiger partial charge is 0.282 e. The van der Waals surface area contributed by atoms with Gasteiger partial charge >= 0.3 is 0 Å². The van der Waals surface area contributed by atoms with E-state index in [1.54, 1.807) is 19.4 Å². The molecule has 1 heterocycles. The van der Waals surface area contributed by atoms with Crippen molar-refractivity contribution in [1.29, 1.82) is 0 Å². The second kappa shape index (κ2) is 10.6. The summed E-state index contributed by atoms with van der Waals surface area (Å²) in [5, 5.41) is 5.07. The van der Waals surface area contributed by atoms with Gasteiger partial charge in [0.15, 0.2) is 11.5 Å². The molecule has 0 unspecified atom stereocenters. The molecule has 3 rings (SSSR count). The molecule has 0 fully saturated rings. The van der Waals surface area contributed by atoms with Gasteiger partial charge in [0.1, 0.15) is 5.82 Å². The molecule has 2 aromatic carbocycles. The molecule has 0 aliphatic heterocycles. The van der Waals surface area contributed by atoms with E-state index in [4.69, 9.17) is 14.5 Å². The van der Waals surface area contributed by atoms with E-state index in [9.17, 15) is 4.79 Å². The second-order valence-corrected chi connectivity index (χ2v) is 8.36. The van der Waals surface area contributed by atoms with Gasteiger partial charge in [0.2, 0.25) is 0 Å². The summed E-state index contributed by atoms with van der Waals surface area (Å²) in [7, 11) is 1.60. The number of benzene rings is 2. The molecule has 6 nitrogen and oxygen atoms in total. The lowest BCUT2D eigenvalue weighted by atomic mass is 10.1. The van der Waals surface area contributed by atoms with E-state index in [-0.39, 0.29) is 11.5 Å². The Bertz CT molecular complexity index is 1220. The van der Waals surface area contributed by atoms with E-state index in [1.165, 1.54) is 4.68 Å². The van der Waals surface area contributed by atoms with Gasteiger partial charge in [0.05, 0.1) is 30.8 Å². The molecule has 0 spiro atoms. The fourth-order valence-electron chi connectivity index (χ4n) is 3.43. The van der Waals surface area contributed by atoms with Crippen molar-refractivity contribution in [2.75, 3.05) is 13.7 Å². The minimum absolute atomic E-state index is 0.0686. The van der Waals surface area contributed by atoms with Gasteiger partial charge in [0.25, 0.3) is 5.56 Å². The number of aromatic nitrogens is 2. The van der Waals surface area contributed by atoms with Crippen molar-refractivity contribution in [2.45, 2.75) is 39.5 Å². The van der Waals surface area contributed by atoms with Gasteiger partial charge in [-0.1, -0.05) is 35.9 Å². The van der Waals surface area contributed by atoms with Crippen LogP contribution in [-0.2, 0) is 6.42 Å². The van der Waals surface area contributed by atoms with E-state index in [0.717, 1.165) is 22.0 Å². The third-order valence-corrected chi connectivity index (χ3v) is 5.73. The van der Waals surface area contributed by atoms with Crippen molar-refractivity contribution in [3.63, 3.8) is 0 Å². The molecule has 3 aromatic rings. The first-order valence-electron chi connectivity index (χ1n) is 10.6. The average Bonchev–Trinajstić information content (AvgIpc) is 2.79. The summed E-state index contributed by atoms with van der Waals surface area (Å²) in [4.78, 5) is 18.1. The highest BCUT2D eigenvalue weighted by atomic mass is 79.9. The summed E-state index contributed by atoms with van der Waals surface area (Å²) in [6.45, 7) is 10.4. The van der Waals surface area contributed by atoms with Gasteiger partial charge in [-0.05, 0) is 55.7 Å². The van der Waals surface area contributed by atoms with Crippen molar-refractivity contribution in [3.8, 4) is 11.5 Å². The SMILES string of the molecule is C=CCc1cc(C=Nn2c([C@H](C)CC)nc3ccc(Br)cc3c2=O)cc(OC)c1OCC. The van der Waals surface area contributed by atoms with Gasteiger partial charge in [0, 0.05) is 16.0 Å². The summed E-state index contributed by atoms with van der Waals surface area (Å²) in [6, 6.07) is 9.33. The molecule has 0 bridgehead atoms. The minimum Gasteiger partial charge on any atom is -0.493 e. The Hall–Kier alpha value is -2.93. The zero-order valence-corrected chi connectivity index (χ0v) is 20.5. The summed E-state index contributed by atoms with van der Waals surface area (Å²) in [6.07, 6.45) is 4.93. The summed E-state index contributed by atoms with van der Waals surface area (Å²) < 4.78 is 13.6. The third-order valence-electron chi connectivity index (χ3n) is 5.24. The Morgan fingerprint density at radius 2 is 2.06 bits per heavy atom. The van der Waals surface area contributed by atoms with Crippen LogP contribution < -0.4 is 15.0 Å². The number of methoxy groups -OCH3 is 1. The van der Waals surface area contributed by atoms with Gasteiger partial charge in [-0.25, -0.2) is 4.98 Å². The summed E-state index contributed by atoms with van der Waals surface area (Å²) in [5.41, 5.74) is 2.19. The zero-order chi connectivity index (χ0) is 23.3. The van der Waals surface area contributed by atoms with Crippen molar-refractivity contribution < 1.29 is 9.47 Å². The molecule has 0 N–H and O–H groups in total. The van der Waals surface area contributed by atoms with Crippen LogP contribution in [0.1, 0.15) is 50.1 Å². The Balaban J connectivity index is 2.17. The van der Waals surface area contributed by atoms with Crippen LogP contribution in [0.5, 0.6) is 11.5 Å². The lowest BCUT2D eigenvalue weighted by Crippen LogP contribution is -2.23. The van der Waals surface area contributed by atoms with Gasteiger partial charge in [-0.2, -0.15) is 9.78 Å². The molecular weight excluding hydrogens is 470 g/mol. The topological polar surface area (TPSA) is 65.7 Å². The lowest BCUT2D eigenvalue weighted by molar-refractivity contribution is 0.308. The number of hydrogen-bond donors (Lipinski definition) is 0. The highest BCUT2D eigenvalue weighted by molar-refractivity contribution is 9.10. The molecule has 32 heavy (non-hydrogen) atoms. The molecule has 7 heteroatoms. The molecule has 0 saturated carbocycles. The Morgan fingerprint density at radius 1 is 1.28 bits per heavy atom. The molecule has 1 aromatic heterocycles. The van der Waals surface area contributed by atoms with Crippen LogP contribution >= 0.6 is 15.9 Å². The zero-order valence-electron chi connectivity index (χ0n) is 18.9. The highest BCUT2D eigenvalue weighted by Crippen LogP contribution is 2.33. The van der Waals surface area contributed by atoms with Crippen molar-refractivity contribution in [1.82, 2.24) is 9.66 Å². The molecule has 1 atom stereocenters. The number of fused-ring (bicyclic) bond motifs is 1. The summed E-state index contributed by atoms with van der Waals surface area (Å²) in [5.74, 6) is 2.01. The van der Waals surface area contributed by atoms with Crippen LogP contribution in [0.4, 0.5) is 0 Å². The average molecular weight is 498 g/mol.